The largest absolute Gasteiger partial charge is 0.495 e. The molecule has 2 aromatic heterocycles. The number of methoxy groups -OCH3 is 1. The second-order valence-corrected chi connectivity index (χ2v) is 11.7. The smallest absolute Gasteiger partial charge is 0.447 e. The number of β-amino-alcohol motifs (C(OH)–C–C–N with tert-alkyl or cyclic N) is 1. The van der Waals surface area contributed by atoms with Gasteiger partial charge >= 0.3 is 5.51 Å². The number of rotatable bonds is 9. The van der Waals surface area contributed by atoms with Crippen LogP contribution in [0.5, 0.6) is 5.75 Å². The minimum Gasteiger partial charge on any atom is -0.495 e. The molecule has 2 atom stereocenters. The van der Waals surface area contributed by atoms with Crippen molar-refractivity contribution in [2.75, 3.05) is 51.0 Å². The van der Waals surface area contributed by atoms with E-state index >= 15 is 4.39 Å². The number of carbonyl (C=O) groups is 1. The molecular weight excluding hydrogens is 588 g/mol. The Bertz CT molecular complexity index is 1510. The van der Waals surface area contributed by atoms with E-state index in [-0.39, 0.29) is 47.1 Å². The number of likely N-dealkylation sites (tertiary alicyclic amines) is 1. The molecule has 1 fully saturated rings. The standard InChI is InChI=1S/C29H34F4N6O3S/c1-28(2,41)17-38-14-11-20(19(30)16-38)36-22-8-6-13-39-25(22)37-23(27(39)43-29(31,32)33)7-5-12-35-21-10-9-18(26(40)34-3)15-24(21)42-4/h6,8-10,13,15,19-20,35-36,41H,11-12,14,16-17H2,1-4H3,(H,34,40)/t19-,20+/m0/s1. The zero-order valence-electron chi connectivity index (χ0n) is 24.2. The molecule has 0 unspecified atom stereocenters. The summed E-state index contributed by atoms with van der Waals surface area (Å²) in [7, 11) is 2.97. The van der Waals surface area contributed by atoms with Crippen LogP contribution in [-0.2, 0) is 0 Å². The van der Waals surface area contributed by atoms with Crippen molar-refractivity contribution in [3.05, 3.63) is 47.8 Å². The predicted molar refractivity (Wildman–Crippen MR) is 159 cm³/mol. The summed E-state index contributed by atoms with van der Waals surface area (Å²) in [4.78, 5) is 18.2. The van der Waals surface area contributed by atoms with E-state index < -0.39 is 23.3 Å². The quantitative estimate of drug-likeness (QED) is 0.159. The molecule has 0 bridgehead atoms. The lowest BCUT2D eigenvalue weighted by atomic mass is 10.0. The maximum atomic E-state index is 15.1. The summed E-state index contributed by atoms with van der Waals surface area (Å²) in [6, 6.07) is 7.44. The average molecular weight is 623 g/mol. The molecular formula is C29H34F4N6O3S. The highest BCUT2D eigenvalue weighted by Crippen LogP contribution is 2.39. The first-order valence-electron chi connectivity index (χ1n) is 13.5. The van der Waals surface area contributed by atoms with Gasteiger partial charge in [0.1, 0.15) is 22.6 Å². The van der Waals surface area contributed by atoms with Crippen LogP contribution in [0.3, 0.4) is 0 Å². The Balaban J connectivity index is 1.55. The minimum atomic E-state index is -4.59. The van der Waals surface area contributed by atoms with Gasteiger partial charge in [-0.15, -0.1) is 0 Å². The van der Waals surface area contributed by atoms with Gasteiger partial charge < -0.3 is 25.8 Å². The molecule has 0 saturated carbocycles. The van der Waals surface area contributed by atoms with Crippen LogP contribution in [-0.4, -0.2) is 89.0 Å². The van der Waals surface area contributed by atoms with E-state index in [9.17, 15) is 23.1 Å². The Morgan fingerprint density at radius 2 is 2.02 bits per heavy atom. The molecule has 1 saturated heterocycles. The number of alkyl halides is 4. The number of amides is 1. The number of fused-ring (bicyclic) bond motifs is 1. The molecule has 43 heavy (non-hydrogen) atoms. The molecule has 1 amide bonds. The van der Waals surface area contributed by atoms with E-state index in [0.29, 0.717) is 42.2 Å². The highest BCUT2D eigenvalue weighted by atomic mass is 32.2. The van der Waals surface area contributed by atoms with Crippen LogP contribution >= 0.6 is 11.8 Å². The third-order valence-electron chi connectivity index (χ3n) is 6.66. The van der Waals surface area contributed by atoms with Gasteiger partial charge in [-0.25, -0.2) is 9.37 Å². The minimum absolute atomic E-state index is 0.0531. The summed E-state index contributed by atoms with van der Waals surface area (Å²) in [6.07, 6.45) is 0.640. The van der Waals surface area contributed by atoms with Crippen molar-refractivity contribution < 1.29 is 32.2 Å². The molecule has 3 heterocycles. The monoisotopic (exact) mass is 622 g/mol. The van der Waals surface area contributed by atoms with Gasteiger partial charge in [0.2, 0.25) is 0 Å². The van der Waals surface area contributed by atoms with Gasteiger partial charge in [0.05, 0.1) is 36.7 Å². The maximum Gasteiger partial charge on any atom is 0.447 e. The fourth-order valence-corrected chi connectivity index (χ4v) is 5.52. The molecule has 232 valence electrons. The molecule has 0 radical (unpaired) electrons. The normalized spacial score (nSPS) is 17.7. The number of carbonyl (C=O) groups excluding carboxylic acids is 1. The van der Waals surface area contributed by atoms with Crippen molar-refractivity contribution in [1.82, 2.24) is 19.6 Å². The Morgan fingerprint density at radius 1 is 1.26 bits per heavy atom. The number of hydrogen-bond acceptors (Lipinski definition) is 8. The molecule has 9 nitrogen and oxygen atoms in total. The maximum absolute atomic E-state index is 15.1. The summed E-state index contributed by atoms with van der Waals surface area (Å²) in [5, 5.41) is 18.6. The van der Waals surface area contributed by atoms with Crippen LogP contribution < -0.4 is 20.7 Å². The Morgan fingerprint density at radius 3 is 2.67 bits per heavy atom. The summed E-state index contributed by atoms with van der Waals surface area (Å²) < 4.78 is 62.4. The first kappa shape index (κ1) is 32.2. The first-order chi connectivity index (χ1) is 20.3. The number of benzene rings is 1. The topological polar surface area (TPSA) is 103 Å². The van der Waals surface area contributed by atoms with Crippen molar-refractivity contribution in [2.24, 2.45) is 0 Å². The molecule has 14 heteroatoms. The number of imidazole rings is 1. The van der Waals surface area contributed by atoms with Gasteiger partial charge in [-0.2, -0.15) is 13.2 Å². The molecule has 0 aliphatic carbocycles. The number of halogens is 4. The van der Waals surface area contributed by atoms with Gasteiger partial charge in [0.15, 0.2) is 5.65 Å². The second-order valence-electron chi connectivity index (χ2n) is 10.7. The van der Waals surface area contributed by atoms with Crippen molar-refractivity contribution in [3.63, 3.8) is 0 Å². The lowest BCUT2D eigenvalue weighted by Crippen LogP contribution is -2.51. The van der Waals surface area contributed by atoms with Gasteiger partial charge in [-0.3, -0.25) is 14.1 Å². The molecule has 4 rings (SSSR count). The highest BCUT2D eigenvalue weighted by molar-refractivity contribution is 8.00. The van der Waals surface area contributed by atoms with Crippen LogP contribution in [0.1, 0.15) is 36.3 Å². The summed E-state index contributed by atoms with van der Waals surface area (Å²) >= 11 is -0.321. The first-order valence-corrected chi connectivity index (χ1v) is 14.3. The molecule has 3 aromatic rings. The number of aliphatic hydroxyl groups is 1. The Kier molecular flexibility index (Phi) is 9.99. The number of aromatic nitrogens is 2. The fourth-order valence-electron chi connectivity index (χ4n) is 4.86. The van der Waals surface area contributed by atoms with Crippen molar-refractivity contribution >= 4 is 34.7 Å². The number of anilines is 2. The SMILES string of the molecule is CNC(=O)c1ccc(NCC#Cc2nc3c(N[C@@H]4CCN(CC(C)(C)O)C[C@@H]4F)cccn3c2SC(F)(F)F)c(OC)c1. The lowest BCUT2D eigenvalue weighted by Gasteiger charge is -2.37. The zero-order valence-corrected chi connectivity index (χ0v) is 25.0. The zero-order chi connectivity index (χ0) is 31.4. The Hall–Kier alpha value is -3.67. The number of piperidine rings is 1. The van der Waals surface area contributed by atoms with E-state index in [1.54, 1.807) is 44.2 Å². The van der Waals surface area contributed by atoms with Crippen LogP contribution in [0.15, 0.2) is 41.6 Å². The summed E-state index contributed by atoms with van der Waals surface area (Å²) in [5.74, 6) is 5.67. The number of hydrogen-bond donors (Lipinski definition) is 4. The van der Waals surface area contributed by atoms with Crippen molar-refractivity contribution in [1.29, 1.82) is 0 Å². The van der Waals surface area contributed by atoms with E-state index in [0.717, 1.165) is 0 Å². The number of nitrogens with one attached hydrogen (secondary N) is 3. The summed E-state index contributed by atoms with van der Waals surface area (Å²) in [5.41, 5.74) is -4.08. The summed E-state index contributed by atoms with van der Waals surface area (Å²) in [6.45, 7) is 4.39. The van der Waals surface area contributed by atoms with E-state index in [4.69, 9.17) is 4.74 Å². The third-order valence-corrected chi connectivity index (χ3v) is 7.48. The predicted octanol–water partition coefficient (Wildman–Crippen LogP) is 4.37. The molecule has 4 N–H and O–H groups in total. The molecule has 1 aliphatic rings. The second kappa shape index (κ2) is 13.3. The lowest BCUT2D eigenvalue weighted by molar-refractivity contribution is -0.0330. The van der Waals surface area contributed by atoms with Gasteiger partial charge in [-0.05, 0) is 56.5 Å². The molecule has 0 spiro atoms. The molecule has 1 aliphatic heterocycles. The number of thioether (sulfide) groups is 1. The van der Waals surface area contributed by atoms with Gasteiger partial charge in [-0.1, -0.05) is 5.92 Å². The highest BCUT2D eigenvalue weighted by Gasteiger charge is 2.34. The number of ether oxygens (including phenoxy) is 1. The van der Waals surface area contributed by atoms with Gasteiger partial charge in [0, 0.05) is 50.2 Å². The third kappa shape index (κ3) is 8.46. The average Bonchev–Trinajstić information content (AvgIpc) is 3.27. The van der Waals surface area contributed by atoms with Crippen LogP contribution in [0.2, 0.25) is 0 Å². The van der Waals surface area contributed by atoms with E-state index in [2.05, 4.69) is 32.8 Å². The van der Waals surface area contributed by atoms with E-state index in [1.807, 2.05) is 4.90 Å². The van der Waals surface area contributed by atoms with Crippen LogP contribution in [0.25, 0.3) is 5.65 Å². The van der Waals surface area contributed by atoms with Crippen LogP contribution in [0, 0.1) is 11.8 Å². The Labute approximate surface area is 251 Å². The van der Waals surface area contributed by atoms with Crippen molar-refractivity contribution in [2.45, 2.75) is 48.6 Å². The van der Waals surface area contributed by atoms with Crippen molar-refractivity contribution in [3.8, 4) is 17.6 Å². The number of pyridine rings is 1. The van der Waals surface area contributed by atoms with Gasteiger partial charge in [0.25, 0.3) is 5.91 Å². The van der Waals surface area contributed by atoms with Crippen LogP contribution in [0.4, 0.5) is 28.9 Å². The number of nitrogens with zero attached hydrogens (tertiary/aromatic N) is 3. The van der Waals surface area contributed by atoms with E-state index in [1.165, 1.54) is 24.8 Å². The molecule has 1 aromatic carbocycles. The fraction of sp³-hybridized carbons (Fsp3) is 0.448.